The lowest BCUT2D eigenvalue weighted by molar-refractivity contribution is 0.627. The van der Waals surface area contributed by atoms with Crippen LogP contribution in [0.3, 0.4) is 0 Å². The van der Waals surface area contributed by atoms with E-state index in [2.05, 4.69) is 10.3 Å². The highest BCUT2D eigenvalue weighted by atomic mass is 35.5. The van der Waals surface area contributed by atoms with Crippen LogP contribution >= 0.6 is 11.6 Å². The third kappa shape index (κ3) is 3.17. The van der Waals surface area contributed by atoms with E-state index in [-0.39, 0.29) is 5.82 Å². The molecule has 0 bridgehead atoms. The molecular weight excluding hydrogens is 239 g/mol. The van der Waals surface area contributed by atoms with Gasteiger partial charge in [0.2, 0.25) is 0 Å². The van der Waals surface area contributed by atoms with E-state index < -0.39 is 0 Å². The number of hydrogen-bond donors (Lipinski definition) is 1. The van der Waals surface area contributed by atoms with E-state index in [0.29, 0.717) is 11.6 Å². The van der Waals surface area contributed by atoms with Crippen LogP contribution in [0.15, 0.2) is 36.7 Å². The molecule has 0 unspecified atom stereocenters. The summed E-state index contributed by atoms with van der Waals surface area (Å²) >= 11 is 5.93. The molecule has 0 aliphatic heterocycles. The van der Waals surface area contributed by atoms with Crippen LogP contribution in [0.2, 0.25) is 5.02 Å². The van der Waals surface area contributed by atoms with E-state index in [9.17, 15) is 4.39 Å². The van der Waals surface area contributed by atoms with E-state index in [1.165, 1.54) is 12.1 Å². The first-order chi connectivity index (χ1) is 8.15. The molecule has 0 saturated carbocycles. The largest absolute Gasteiger partial charge is 0.380 e. The summed E-state index contributed by atoms with van der Waals surface area (Å²) in [6.07, 6.45) is 3.53. The zero-order chi connectivity index (χ0) is 12.3. The number of benzene rings is 1. The van der Waals surface area contributed by atoms with Gasteiger partial charge in [-0.05, 0) is 36.2 Å². The molecule has 0 amide bonds. The van der Waals surface area contributed by atoms with E-state index in [4.69, 9.17) is 11.6 Å². The number of nitrogens with one attached hydrogen (secondary N) is 1. The molecule has 17 heavy (non-hydrogen) atoms. The van der Waals surface area contributed by atoms with Gasteiger partial charge in [-0.25, -0.2) is 4.39 Å². The zero-order valence-corrected chi connectivity index (χ0v) is 10.1. The Labute approximate surface area is 104 Å². The number of hydrogen-bond acceptors (Lipinski definition) is 2. The lowest BCUT2D eigenvalue weighted by Gasteiger charge is -2.08. The molecular formula is C13H12ClFN2. The van der Waals surface area contributed by atoms with E-state index >= 15 is 0 Å². The number of aryl methyl sites for hydroxylation is 1. The van der Waals surface area contributed by atoms with Crippen molar-refractivity contribution in [2.75, 3.05) is 5.32 Å². The summed E-state index contributed by atoms with van der Waals surface area (Å²) in [7, 11) is 0. The number of anilines is 1. The van der Waals surface area contributed by atoms with Crippen molar-refractivity contribution < 1.29 is 4.39 Å². The molecule has 0 saturated heterocycles. The minimum Gasteiger partial charge on any atom is -0.380 e. The molecule has 0 aliphatic rings. The first-order valence-corrected chi connectivity index (χ1v) is 5.62. The van der Waals surface area contributed by atoms with Crippen molar-refractivity contribution >= 4 is 17.3 Å². The lowest BCUT2D eigenvalue weighted by atomic mass is 10.2. The summed E-state index contributed by atoms with van der Waals surface area (Å²) in [5.74, 6) is -0.323. The maximum absolute atomic E-state index is 12.8. The second-order valence-electron chi connectivity index (χ2n) is 3.84. The fourth-order valence-electron chi connectivity index (χ4n) is 1.51. The lowest BCUT2D eigenvalue weighted by Crippen LogP contribution is -2.01. The molecule has 2 nitrogen and oxygen atoms in total. The maximum atomic E-state index is 12.8. The molecule has 0 radical (unpaired) electrons. The summed E-state index contributed by atoms with van der Waals surface area (Å²) in [6.45, 7) is 2.52. The van der Waals surface area contributed by atoms with Crippen LogP contribution in [0.4, 0.5) is 10.1 Å². The van der Waals surface area contributed by atoms with Crippen LogP contribution in [-0.4, -0.2) is 4.98 Å². The van der Waals surface area contributed by atoms with Crippen LogP contribution in [0.25, 0.3) is 0 Å². The summed E-state index contributed by atoms with van der Waals surface area (Å²) in [5.41, 5.74) is 2.86. The number of nitrogens with zero attached hydrogens (tertiary/aromatic N) is 1. The molecule has 4 heteroatoms. The van der Waals surface area contributed by atoms with Gasteiger partial charge in [-0.15, -0.1) is 0 Å². The van der Waals surface area contributed by atoms with Crippen molar-refractivity contribution in [3.8, 4) is 0 Å². The average Bonchev–Trinajstić information content (AvgIpc) is 2.28. The maximum Gasteiger partial charge on any atom is 0.124 e. The third-order valence-corrected chi connectivity index (χ3v) is 2.72. The Morgan fingerprint density at radius 2 is 2.12 bits per heavy atom. The van der Waals surface area contributed by atoms with E-state index in [1.54, 1.807) is 18.5 Å². The number of pyridine rings is 1. The van der Waals surface area contributed by atoms with Gasteiger partial charge in [-0.3, -0.25) is 4.98 Å². The molecule has 1 aromatic carbocycles. The molecule has 88 valence electrons. The van der Waals surface area contributed by atoms with Crippen LogP contribution in [0, 0.1) is 12.7 Å². The molecule has 1 N–H and O–H groups in total. The van der Waals surface area contributed by atoms with Gasteiger partial charge in [0.05, 0.1) is 5.69 Å². The fourth-order valence-corrected chi connectivity index (χ4v) is 1.75. The summed E-state index contributed by atoms with van der Waals surface area (Å²) < 4.78 is 12.8. The van der Waals surface area contributed by atoms with Gasteiger partial charge >= 0.3 is 0 Å². The van der Waals surface area contributed by atoms with Gasteiger partial charge in [-0.1, -0.05) is 17.7 Å². The van der Waals surface area contributed by atoms with E-state index in [1.807, 2.05) is 13.0 Å². The van der Waals surface area contributed by atoms with Crippen LogP contribution in [0.5, 0.6) is 0 Å². The van der Waals surface area contributed by atoms with Gasteiger partial charge in [0, 0.05) is 24.0 Å². The quantitative estimate of drug-likeness (QED) is 0.896. The highest BCUT2D eigenvalue weighted by molar-refractivity contribution is 6.31. The van der Waals surface area contributed by atoms with E-state index in [0.717, 1.165) is 16.8 Å². The minimum atomic E-state index is -0.323. The average molecular weight is 251 g/mol. The number of aromatic nitrogens is 1. The molecule has 1 aromatic heterocycles. The Kier molecular flexibility index (Phi) is 3.59. The Morgan fingerprint density at radius 3 is 2.82 bits per heavy atom. The van der Waals surface area contributed by atoms with Crippen LogP contribution in [-0.2, 0) is 6.54 Å². The SMILES string of the molecule is Cc1cncc(NCc2ccc(F)cc2Cl)c1. The van der Waals surface area contributed by atoms with Crippen molar-refractivity contribution in [3.05, 3.63) is 58.6 Å². The van der Waals surface area contributed by atoms with Gasteiger partial charge in [0.25, 0.3) is 0 Å². The van der Waals surface area contributed by atoms with Gasteiger partial charge in [0.15, 0.2) is 0 Å². The number of rotatable bonds is 3. The molecule has 2 rings (SSSR count). The van der Waals surface area contributed by atoms with Crippen molar-refractivity contribution in [1.82, 2.24) is 4.98 Å². The summed E-state index contributed by atoms with van der Waals surface area (Å²) in [6, 6.07) is 6.38. The van der Waals surface area contributed by atoms with Gasteiger partial charge < -0.3 is 5.32 Å². The third-order valence-electron chi connectivity index (χ3n) is 2.37. The highest BCUT2D eigenvalue weighted by Gasteiger charge is 2.02. The standard InChI is InChI=1S/C13H12ClFN2/c1-9-4-12(8-16-6-9)17-7-10-2-3-11(15)5-13(10)14/h2-6,8,17H,7H2,1H3. The Hall–Kier alpha value is -1.61. The number of halogens is 2. The first-order valence-electron chi connectivity index (χ1n) is 5.24. The molecule has 2 aromatic rings. The van der Waals surface area contributed by atoms with Gasteiger partial charge in [-0.2, -0.15) is 0 Å². The van der Waals surface area contributed by atoms with Crippen LogP contribution in [0.1, 0.15) is 11.1 Å². The Morgan fingerprint density at radius 1 is 1.29 bits per heavy atom. The molecule has 0 aliphatic carbocycles. The minimum absolute atomic E-state index is 0.323. The smallest absolute Gasteiger partial charge is 0.124 e. The Balaban J connectivity index is 2.07. The molecule has 0 atom stereocenters. The van der Waals surface area contributed by atoms with Crippen molar-refractivity contribution in [2.45, 2.75) is 13.5 Å². The predicted molar refractivity (Wildman–Crippen MR) is 67.7 cm³/mol. The van der Waals surface area contributed by atoms with Crippen molar-refractivity contribution in [3.63, 3.8) is 0 Å². The van der Waals surface area contributed by atoms with Crippen molar-refractivity contribution in [1.29, 1.82) is 0 Å². The zero-order valence-electron chi connectivity index (χ0n) is 9.37. The summed E-state index contributed by atoms with van der Waals surface area (Å²) in [4.78, 5) is 4.08. The normalized spacial score (nSPS) is 10.3. The summed E-state index contributed by atoms with van der Waals surface area (Å²) in [5, 5.41) is 3.62. The first kappa shape index (κ1) is 11.9. The van der Waals surface area contributed by atoms with Gasteiger partial charge in [0.1, 0.15) is 5.82 Å². The molecule has 1 heterocycles. The van der Waals surface area contributed by atoms with Crippen LogP contribution < -0.4 is 5.32 Å². The molecule has 0 fully saturated rings. The second kappa shape index (κ2) is 5.15. The topological polar surface area (TPSA) is 24.9 Å². The fraction of sp³-hybridized carbons (Fsp3) is 0.154. The highest BCUT2D eigenvalue weighted by Crippen LogP contribution is 2.18. The van der Waals surface area contributed by atoms with Crippen molar-refractivity contribution in [2.24, 2.45) is 0 Å². The monoisotopic (exact) mass is 250 g/mol. The predicted octanol–water partition coefficient (Wildman–Crippen LogP) is 3.79. The Bertz CT molecular complexity index is 529. The second-order valence-corrected chi connectivity index (χ2v) is 4.25. The molecule has 0 spiro atoms.